The molecule has 0 saturated carbocycles. The lowest BCUT2D eigenvalue weighted by atomic mass is 9.33. The zero-order chi connectivity index (χ0) is 54.1. The van der Waals surface area contributed by atoms with Gasteiger partial charge >= 0.3 is 0 Å². The van der Waals surface area contributed by atoms with Gasteiger partial charge in [0.15, 0.2) is 0 Å². The summed E-state index contributed by atoms with van der Waals surface area (Å²) in [7, 11) is 0. The summed E-state index contributed by atoms with van der Waals surface area (Å²) in [5.74, 6) is 0.824. The standard InChI is InChI=1S/C74H59BN4O/c1-50-24-23-25-51(2)73(50)79-67-47-61(76(57-29-13-7-14-30-57)58-31-15-8-16-32-58)39-40-64(67)75-65-46-56(74(3,4)5)38-41-66(65)78(68-48-63(49-69(79)72(68)75)77(59-33-17-9-18-34-59)60-35-19-10-20-36-60)62-43-54(52-26-11-6-12-27-52)42-55(44-62)71-45-53-28-21-22-37-70(53)80-71/h6-49H,1-5H3. The second kappa shape index (κ2) is 19.6. The quantitative estimate of drug-likeness (QED) is 0.127. The number of fused-ring (bicyclic) bond motifs is 5. The van der Waals surface area contributed by atoms with Crippen molar-refractivity contribution in [3.63, 3.8) is 0 Å². The number of nitrogens with zero attached hydrogens (tertiary/aromatic N) is 4. The molecule has 0 spiro atoms. The van der Waals surface area contributed by atoms with Crippen LogP contribution in [0.25, 0.3) is 33.4 Å². The predicted octanol–water partition coefficient (Wildman–Crippen LogP) is 18.7. The molecule has 0 saturated heterocycles. The van der Waals surface area contributed by atoms with Gasteiger partial charge in [-0.2, -0.15) is 0 Å². The molecule has 80 heavy (non-hydrogen) atoms. The Morgan fingerprint density at radius 2 is 0.900 bits per heavy atom. The first-order valence-electron chi connectivity index (χ1n) is 27.8. The van der Waals surface area contributed by atoms with Crippen LogP contribution in [0.5, 0.6) is 0 Å². The number of aryl methyl sites for hydroxylation is 2. The molecule has 6 heteroatoms. The van der Waals surface area contributed by atoms with Gasteiger partial charge in [0, 0.05) is 67.8 Å². The summed E-state index contributed by atoms with van der Waals surface area (Å²) in [6.45, 7) is 11.4. The summed E-state index contributed by atoms with van der Waals surface area (Å²) < 4.78 is 6.76. The normalized spacial score (nSPS) is 12.5. The van der Waals surface area contributed by atoms with Gasteiger partial charge in [-0.3, -0.25) is 0 Å². The fourth-order valence-corrected chi connectivity index (χ4v) is 12.4. The molecule has 11 aromatic carbocycles. The maximum atomic E-state index is 6.76. The molecule has 0 fully saturated rings. The van der Waals surface area contributed by atoms with Crippen molar-refractivity contribution in [1.29, 1.82) is 0 Å². The molecule has 2 aliphatic rings. The van der Waals surface area contributed by atoms with E-state index in [1.807, 2.05) is 6.07 Å². The number of hydrogen-bond acceptors (Lipinski definition) is 5. The van der Waals surface area contributed by atoms with Crippen LogP contribution in [0.1, 0.15) is 37.5 Å². The lowest BCUT2D eigenvalue weighted by Gasteiger charge is -2.46. The van der Waals surface area contributed by atoms with Crippen molar-refractivity contribution in [3.05, 3.63) is 284 Å². The first kappa shape index (κ1) is 48.6. The van der Waals surface area contributed by atoms with E-state index < -0.39 is 0 Å². The van der Waals surface area contributed by atoms with Crippen LogP contribution in [0.15, 0.2) is 271 Å². The third-order valence-corrected chi connectivity index (χ3v) is 16.1. The summed E-state index contributed by atoms with van der Waals surface area (Å²) in [6, 6.07) is 97.6. The molecule has 5 nitrogen and oxygen atoms in total. The zero-order valence-electron chi connectivity index (χ0n) is 45.7. The Morgan fingerprint density at radius 1 is 0.375 bits per heavy atom. The molecule has 384 valence electrons. The van der Waals surface area contributed by atoms with E-state index in [2.05, 4.69) is 315 Å². The molecule has 14 rings (SSSR count). The van der Waals surface area contributed by atoms with E-state index in [0.29, 0.717) is 0 Å². The minimum absolute atomic E-state index is 0.127. The van der Waals surface area contributed by atoms with Crippen molar-refractivity contribution in [2.75, 3.05) is 19.6 Å². The van der Waals surface area contributed by atoms with Crippen LogP contribution >= 0.6 is 0 Å². The molecule has 0 N–H and O–H groups in total. The van der Waals surface area contributed by atoms with Crippen molar-refractivity contribution in [2.45, 2.75) is 40.0 Å². The molecular weight excluding hydrogens is 972 g/mol. The zero-order valence-corrected chi connectivity index (χ0v) is 45.7. The summed E-state index contributed by atoms with van der Waals surface area (Å²) >= 11 is 0. The minimum Gasteiger partial charge on any atom is -0.456 e. The first-order valence-corrected chi connectivity index (χ1v) is 27.8. The molecule has 2 aliphatic heterocycles. The van der Waals surface area contributed by atoms with E-state index in [9.17, 15) is 0 Å². The molecule has 0 radical (unpaired) electrons. The van der Waals surface area contributed by atoms with E-state index >= 15 is 0 Å². The number of anilines is 12. The van der Waals surface area contributed by atoms with Gasteiger partial charge < -0.3 is 24.0 Å². The van der Waals surface area contributed by atoms with Crippen LogP contribution < -0.4 is 36.0 Å². The Morgan fingerprint density at radius 3 is 1.49 bits per heavy atom. The second-order valence-electron chi connectivity index (χ2n) is 22.3. The van der Waals surface area contributed by atoms with E-state index in [-0.39, 0.29) is 12.1 Å². The van der Waals surface area contributed by atoms with Gasteiger partial charge in [-0.25, -0.2) is 0 Å². The number of para-hydroxylation sites is 6. The third kappa shape index (κ3) is 8.43. The van der Waals surface area contributed by atoms with Gasteiger partial charge in [0.1, 0.15) is 11.3 Å². The lowest BCUT2D eigenvalue weighted by molar-refractivity contribution is 0.591. The third-order valence-electron chi connectivity index (χ3n) is 16.1. The minimum atomic E-state index is -0.150. The first-order chi connectivity index (χ1) is 39.1. The van der Waals surface area contributed by atoms with E-state index in [0.717, 1.165) is 96.0 Å². The molecule has 0 atom stereocenters. The molecule has 0 unspecified atom stereocenters. The van der Waals surface area contributed by atoms with Gasteiger partial charge in [-0.05, 0) is 173 Å². The average molecular weight is 1030 g/mol. The number of rotatable bonds is 10. The second-order valence-corrected chi connectivity index (χ2v) is 22.3. The Labute approximate surface area is 470 Å². The van der Waals surface area contributed by atoms with Gasteiger partial charge in [0.2, 0.25) is 0 Å². The number of furan rings is 1. The van der Waals surface area contributed by atoms with Crippen molar-refractivity contribution in [3.8, 4) is 22.5 Å². The van der Waals surface area contributed by atoms with Crippen molar-refractivity contribution < 1.29 is 4.42 Å². The topological polar surface area (TPSA) is 26.1 Å². The molecule has 0 amide bonds. The summed E-state index contributed by atoms with van der Waals surface area (Å²) in [5, 5.41) is 1.07. The van der Waals surface area contributed by atoms with Crippen LogP contribution in [0.2, 0.25) is 0 Å². The molecular formula is C74H59BN4O. The Hall–Kier alpha value is -9.78. The lowest BCUT2D eigenvalue weighted by Crippen LogP contribution is -2.61. The van der Waals surface area contributed by atoms with Crippen molar-refractivity contribution in [1.82, 2.24) is 0 Å². The maximum absolute atomic E-state index is 6.76. The van der Waals surface area contributed by atoms with Crippen LogP contribution in [-0.4, -0.2) is 6.71 Å². The highest BCUT2D eigenvalue weighted by Crippen LogP contribution is 2.51. The monoisotopic (exact) mass is 1030 g/mol. The summed E-state index contributed by atoms with van der Waals surface area (Å²) in [4.78, 5) is 9.97. The van der Waals surface area contributed by atoms with Crippen LogP contribution in [-0.2, 0) is 5.41 Å². The highest BCUT2D eigenvalue weighted by molar-refractivity contribution is 7.00. The van der Waals surface area contributed by atoms with Crippen molar-refractivity contribution in [2.24, 2.45) is 0 Å². The average Bonchev–Trinajstić information content (AvgIpc) is 4.02. The van der Waals surface area contributed by atoms with Crippen LogP contribution in [0, 0.1) is 13.8 Å². The SMILES string of the molecule is Cc1cccc(C)c1N1c2cc(N(c3ccccc3)c3ccccc3)ccc2B2c3cc(C(C)(C)C)ccc3N(c3cc(-c4ccccc4)cc(-c4cc5ccccc5o4)c3)c3cc(N(c4ccccc4)c4ccccc4)cc1c32. The van der Waals surface area contributed by atoms with Crippen LogP contribution in [0.3, 0.4) is 0 Å². The van der Waals surface area contributed by atoms with E-state index in [1.54, 1.807) is 0 Å². The Kier molecular flexibility index (Phi) is 11.9. The van der Waals surface area contributed by atoms with Gasteiger partial charge in [-0.15, -0.1) is 0 Å². The predicted molar refractivity (Wildman–Crippen MR) is 339 cm³/mol. The highest BCUT2D eigenvalue weighted by atomic mass is 16.3. The molecule has 1 aromatic heterocycles. The molecule has 3 heterocycles. The van der Waals surface area contributed by atoms with Crippen molar-refractivity contribution >= 4 is 102 Å². The fraction of sp³-hybridized carbons (Fsp3) is 0.0811. The highest BCUT2D eigenvalue weighted by Gasteiger charge is 2.45. The van der Waals surface area contributed by atoms with Gasteiger partial charge in [-0.1, -0.05) is 178 Å². The molecule has 0 aliphatic carbocycles. The fourth-order valence-electron chi connectivity index (χ4n) is 12.4. The molecule has 12 aromatic rings. The number of benzene rings is 11. The summed E-state index contributed by atoms with van der Waals surface area (Å²) in [5.41, 5.74) is 24.5. The van der Waals surface area contributed by atoms with E-state index in [4.69, 9.17) is 4.42 Å². The number of hydrogen-bond donors (Lipinski definition) is 0. The van der Waals surface area contributed by atoms with Gasteiger partial charge in [0.25, 0.3) is 6.71 Å². The smallest absolute Gasteiger partial charge is 0.252 e. The Balaban J connectivity index is 1.12. The van der Waals surface area contributed by atoms with E-state index in [1.165, 1.54) is 38.8 Å². The van der Waals surface area contributed by atoms with Crippen LogP contribution in [0.4, 0.5) is 68.2 Å². The maximum Gasteiger partial charge on any atom is 0.252 e. The van der Waals surface area contributed by atoms with Gasteiger partial charge in [0.05, 0.1) is 11.4 Å². The largest absolute Gasteiger partial charge is 0.456 e. The molecule has 0 bridgehead atoms. The Bertz CT molecular complexity index is 4140. The summed E-state index contributed by atoms with van der Waals surface area (Å²) in [6.07, 6.45) is 0.